The van der Waals surface area contributed by atoms with Crippen LogP contribution in [-0.2, 0) is 17.6 Å². The molecule has 0 bridgehead atoms. The van der Waals surface area contributed by atoms with E-state index < -0.39 is 0 Å². The number of carbonyl (C=O) groups is 2. The number of amides is 2. The molecule has 0 spiro atoms. The van der Waals surface area contributed by atoms with E-state index in [9.17, 15) is 14.9 Å². The van der Waals surface area contributed by atoms with E-state index in [2.05, 4.69) is 41.0 Å². The summed E-state index contributed by atoms with van der Waals surface area (Å²) < 4.78 is 0. The van der Waals surface area contributed by atoms with Crippen LogP contribution in [0.5, 0.6) is 0 Å². The number of thiophene rings is 1. The van der Waals surface area contributed by atoms with Gasteiger partial charge in [-0.2, -0.15) is 5.26 Å². The van der Waals surface area contributed by atoms with Crippen molar-refractivity contribution >= 4 is 45.6 Å². The van der Waals surface area contributed by atoms with Crippen molar-refractivity contribution in [3.8, 4) is 6.07 Å². The van der Waals surface area contributed by atoms with Crippen LogP contribution in [0.3, 0.4) is 0 Å². The fourth-order valence-electron chi connectivity index (χ4n) is 5.12. The first-order valence-corrected chi connectivity index (χ1v) is 15.2. The number of nitrogens with zero attached hydrogens (tertiary/aromatic N) is 1. The molecule has 2 unspecified atom stereocenters. The van der Waals surface area contributed by atoms with Gasteiger partial charge >= 0.3 is 0 Å². The standard InChI is InChI=1S/C33H31N3O2S2/c1-3-29(39-26-14-8-13-25(19-26)35-31(37)24-12-7-9-21(2)17-24)32(38)36-33-28(20-34)27-16-15-23(18-30(27)40-33)22-10-5-4-6-11-22/h4-14,17,19,23,29H,3,15-16,18H2,1-2H3,(H,35,37)(H,36,38). The summed E-state index contributed by atoms with van der Waals surface area (Å²) in [6.07, 6.45) is 3.36. The summed E-state index contributed by atoms with van der Waals surface area (Å²) in [6.45, 7) is 3.94. The van der Waals surface area contributed by atoms with Crippen molar-refractivity contribution in [2.75, 3.05) is 10.6 Å². The lowest BCUT2D eigenvalue weighted by atomic mass is 9.83. The number of aryl methyl sites for hydroxylation is 1. The Morgan fingerprint density at radius 2 is 1.85 bits per heavy atom. The molecule has 7 heteroatoms. The number of carbonyl (C=O) groups excluding carboxylic acids is 2. The Bertz CT molecular complexity index is 1570. The van der Waals surface area contributed by atoms with Crippen molar-refractivity contribution in [1.29, 1.82) is 5.26 Å². The largest absolute Gasteiger partial charge is 0.322 e. The molecule has 1 aromatic heterocycles. The van der Waals surface area contributed by atoms with Crippen LogP contribution in [0.1, 0.15) is 63.2 Å². The topological polar surface area (TPSA) is 82.0 Å². The summed E-state index contributed by atoms with van der Waals surface area (Å²) in [5.41, 5.74) is 5.33. The zero-order valence-corrected chi connectivity index (χ0v) is 24.2. The fraction of sp³-hybridized carbons (Fsp3) is 0.242. The second-order valence-electron chi connectivity index (χ2n) is 10.0. The minimum atomic E-state index is -0.342. The Kier molecular flexibility index (Phi) is 8.69. The van der Waals surface area contributed by atoms with Gasteiger partial charge < -0.3 is 10.6 Å². The van der Waals surface area contributed by atoms with Crippen molar-refractivity contribution in [2.24, 2.45) is 0 Å². The highest BCUT2D eigenvalue weighted by Crippen LogP contribution is 2.42. The van der Waals surface area contributed by atoms with Gasteiger partial charge in [0.1, 0.15) is 11.1 Å². The quantitative estimate of drug-likeness (QED) is 0.212. The highest BCUT2D eigenvalue weighted by molar-refractivity contribution is 8.00. The number of fused-ring (bicyclic) bond motifs is 1. The molecule has 1 heterocycles. The number of thioether (sulfide) groups is 1. The molecular weight excluding hydrogens is 535 g/mol. The van der Waals surface area contributed by atoms with E-state index in [4.69, 9.17) is 0 Å². The molecule has 2 atom stereocenters. The van der Waals surface area contributed by atoms with Crippen LogP contribution >= 0.6 is 23.1 Å². The number of hydrogen-bond acceptors (Lipinski definition) is 5. The summed E-state index contributed by atoms with van der Waals surface area (Å²) in [5, 5.41) is 16.3. The minimum absolute atomic E-state index is 0.114. The predicted octanol–water partition coefficient (Wildman–Crippen LogP) is 7.96. The summed E-state index contributed by atoms with van der Waals surface area (Å²) in [7, 11) is 0. The molecule has 0 aliphatic heterocycles. The van der Waals surface area contributed by atoms with Crippen molar-refractivity contribution < 1.29 is 9.59 Å². The van der Waals surface area contributed by atoms with Crippen LogP contribution in [0.2, 0.25) is 0 Å². The molecule has 5 nitrogen and oxygen atoms in total. The maximum atomic E-state index is 13.4. The van der Waals surface area contributed by atoms with Crippen LogP contribution in [0.4, 0.5) is 10.7 Å². The smallest absolute Gasteiger partial charge is 0.255 e. The molecule has 1 aliphatic carbocycles. The van der Waals surface area contributed by atoms with Crippen LogP contribution in [0, 0.1) is 18.3 Å². The number of hydrogen-bond donors (Lipinski definition) is 2. The Morgan fingerprint density at radius 3 is 2.60 bits per heavy atom. The summed E-state index contributed by atoms with van der Waals surface area (Å²) in [4.78, 5) is 28.2. The molecule has 0 radical (unpaired) electrons. The number of nitriles is 1. The summed E-state index contributed by atoms with van der Waals surface area (Å²) in [6, 6.07) is 27.9. The third-order valence-corrected chi connectivity index (χ3v) is 9.73. The van der Waals surface area contributed by atoms with E-state index in [-0.39, 0.29) is 17.1 Å². The summed E-state index contributed by atoms with van der Waals surface area (Å²) >= 11 is 3.00. The molecule has 202 valence electrons. The van der Waals surface area contributed by atoms with Crippen molar-refractivity contribution in [3.05, 3.63) is 112 Å². The Balaban J connectivity index is 1.27. The lowest BCUT2D eigenvalue weighted by molar-refractivity contribution is -0.115. The van der Waals surface area contributed by atoms with Crippen LogP contribution in [0.15, 0.2) is 83.8 Å². The Labute approximate surface area is 243 Å². The highest BCUT2D eigenvalue weighted by Gasteiger charge is 2.28. The first-order chi connectivity index (χ1) is 19.4. The van der Waals surface area contributed by atoms with E-state index in [1.54, 1.807) is 17.4 Å². The normalized spacial score (nSPS) is 15.0. The molecule has 0 saturated heterocycles. The molecule has 40 heavy (non-hydrogen) atoms. The van der Waals surface area contributed by atoms with Gasteiger partial charge in [0, 0.05) is 21.0 Å². The molecular formula is C33H31N3O2S2. The Hall–Kier alpha value is -3.86. The van der Waals surface area contributed by atoms with Gasteiger partial charge in [0.15, 0.2) is 0 Å². The molecule has 0 fully saturated rings. The Morgan fingerprint density at radius 1 is 1.05 bits per heavy atom. The second-order valence-corrected chi connectivity index (χ2v) is 12.4. The number of rotatable bonds is 8. The monoisotopic (exact) mass is 565 g/mol. The first kappa shape index (κ1) is 27.7. The minimum Gasteiger partial charge on any atom is -0.322 e. The van der Waals surface area contributed by atoms with Gasteiger partial charge in [-0.15, -0.1) is 23.1 Å². The van der Waals surface area contributed by atoms with Crippen molar-refractivity contribution in [2.45, 2.75) is 55.6 Å². The summed E-state index contributed by atoms with van der Waals surface area (Å²) in [5.74, 6) is 0.146. The molecule has 2 N–H and O–H groups in total. The molecule has 5 rings (SSSR count). The van der Waals surface area contributed by atoms with Gasteiger partial charge in [-0.1, -0.05) is 61.0 Å². The molecule has 1 aliphatic rings. The average Bonchev–Trinajstić information content (AvgIpc) is 3.32. The van der Waals surface area contributed by atoms with E-state index in [1.165, 1.54) is 22.2 Å². The zero-order valence-electron chi connectivity index (χ0n) is 22.6. The third-order valence-electron chi connectivity index (χ3n) is 7.20. The molecule has 3 aromatic carbocycles. The van der Waals surface area contributed by atoms with E-state index in [0.29, 0.717) is 34.2 Å². The average molecular weight is 566 g/mol. The molecule has 2 amide bonds. The number of benzene rings is 3. The second kappa shape index (κ2) is 12.5. The third kappa shape index (κ3) is 6.30. The first-order valence-electron chi connectivity index (χ1n) is 13.5. The van der Waals surface area contributed by atoms with E-state index >= 15 is 0 Å². The van der Waals surface area contributed by atoms with Gasteiger partial charge in [0.2, 0.25) is 5.91 Å². The van der Waals surface area contributed by atoms with Crippen LogP contribution in [-0.4, -0.2) is 17.1 Å². The van der Waals surface area contributed by atoms with Gasteiger partial charge in [0.25, 0.3) is 5.91 Å². The van der Waals surface area contributed by atoms with E-state index in [0.717, 1.165) is 35.3 Å². The predicted molar refractivity (Wildman–Crippen MR) is 164 cm³/mol. The van der Waals surface area contributed by atoms with Gasteiger partial charge in [-0.3, -0.25) is 9.59 Å². The van der Waals surface area contributed by atoms with Gasteiger partial charge in [-0.25, -0.2) is 0 Å². The lowest BCUT2D eigenvalue weighted by Gasteiger charge is -2.22. The number of anilines is 2. The van der Waals surface area contributed by atoms with Crippen LogP contribution < -0.4 is 10.6 Å². The maximum absolute atomic E-state index is 13.4. The van der Waals surface area contributed by atoms with Gasteiger partial charge in [-0.05, 0) is 80.0 Å². The maximum Gasteiger partial charge on any atom is 0.255 e. The number of nitrogens with one attached hydrogen (secondary N) is 2. The van der Waals surface area contributed by atoms with Crippen molar-refractivity contribution in [1.82, 2.24) is 0 Å². The van der Waals surface area contributed by atoms with E-state index in [1.807, 2.05) is 62.4 Å². The zero-order chi connectivity index (χ0) is 28.1. The molecule has 0 saturated carbocycles. The van der Waals surface area contributed by atoms with Crippen LogP contribution in [0.25, 0.3) is 0 Å². The highest BCUT2D eigenvalue weighted by atomic mass is 32.2. The molecule has 4 aromatic rings. The van der Waals surface area contributed by atoms with Crippen molar-refractivity contribution in [3.63, 3.8) is 0 Å². The fourth-order valence-corrected chi connectivity index (χ4v) is 7.41. The lowest BCUT2D eigenvalue weighted by Crippen LogP contribution is -2.24. The SMILES string of the molecule is CCC(Sc1cccc(NC(=O)c2cccc(C)c2)c1)C(=O)Nc1sc2c(c1C#N)CCC(c1ccccc1)C2. The van der Waals surface area contributed by atoms with Gasteiger partial charge in [0.05, 0.1) is 10.8 Å².